The summed E-state index contributed by atoms with van der Waals surface area (Å²) in [6, 6.07) is 6.90. The summed E-state index contributed by atoms with van der Waals surface area (Å²) in [6.45, 7) is 0. The third-order valence-corrected chi connectivity index (χ3v) is 4.17. The first-order chi connectivity index (χ1) is 7.54. The molecule has 4 heteroatoms. The van der Waals surface area contributed by atoms with E-state index >= 15 is 0 Å². The molecule has 0 aliphatic heterocycles. The van der Waals surface area contributed by atoms with Crippen molar-refractivity contribution in [3.63, 3.8) is 0 Å². The number of ketones is 1. The number of carbonyl (C=O) groups is 1. The van der Waals surface area contributed by atoms with Crippen LogP contribution < -0.4 is 0 Å². The Balaban J connectivity index is 2.66. The number of hydrogen-bond donors (Lipinski definition) is 2. The molecular formula is C12H14O3S. The van der Waals surface area contributed by atoms with E-state index < -0.39 is 12.2 Å². The van der Waals surface area contributed by atoms with Crippen molar-refractivity contribution in [1.82, 2.24) is 0 Å². The normalized spacial score (nSPS) is 24.8. The predicted molar refractivity (Wildman–Crippen MR) is 66.2 cm³/mol. The van der Waals surface area contributed by atoms with Gasteiger partial charge in [0.05, 0.1) is 0 Å². The molecule has 2 atom stereocenters. The topological polar surface area (TPSA) is 57.5 Å². The molecule has 0 amide bonds. The molecule has 0 bridgehead atoms. The molecule has 1 aromatic rings. The molecule has 16 heavy (non-hydrogen) atoms. The zero-order chi connectivity index (χ0) is 11.9. The van der Waals surface area contributed by atoms with Crippen LogP contribution in [0, 0.1) is 0 Å². The van der Waals surface area contributed by atoms with Gasteiger partial charge in [0.25, 0.3) is 0 Å². The van der Waals surface area contributed by atoms with E-state index in [-0.39, 0.29) is 16.3 Å². The van der Waals surface area contributed by atoms with Crippen LogP contribution in [0.5, 0.6) is 0 Å². The van der Waals surface area contributed by atoms with Crippen LogP contribution in [0.25, 0.3) is 0 Å². The number of benzene rings is 1. The second-order valence-electron chi connectivity index (χ2n) is 3.98. The lowest BCUT2D eigenvalue weighted by atomic mass is 9.86. The van der Waals surface area contributed by atoms with Gasteiger partial charge in [-0.15, -0.1) is 0 Å². The summed E-state index contributed by atoms with van der Waals surface area (Å²) in [5.41, 5.74) is 1.03. The highest BCUT2D eigenvalue weighted by molar-refractivity contribution is 8.15. The Morgan fingerprint density at radius 2 is 1.75 bits per heavy atom. The highest BCUT2D eigenvalue weighted by Gasteiger charge is 2.36. The van der Waals surface area contributed by atoms with Gasteiger partial charge in [-0.1, -0.05) is 24.3 Å². The number of Topliss-reactive ketones (excluding diaryl/α,β-unsaturated/α-hetero) is 1. The summed E-state index contributed by atoms with van der Waals surface area (Å²) < 4.78 is 0. The van der Waals surface area contributed by atoms with Crippen molar-refractivity contribution in [2.45, 2.75) is 12.2 Å². The van der Waals surface area contributed by atoms with Gasteiger partial charge >= 0.3 is 0 Å². The number of aliphatic hydroxyl groups excluding tert-OH is 2. The zero-order valence-electron chi connectivity index (χ0n) is 9.18. The third kappa shape index (κ3) is 1.63. The van der Waals surface area contributed by atoms with E-state index in [0.29, 0.717) is 16.0 Å². The maximum Gasteiger partial charge on any atom is 0.196 e. The number of carbonyl (C=O) groups excluding carboxylic acids is 1. The Bertz CT molecular complexity index is 475. The van der Waals surface area contributed by atoms with Gasteiger partial charge in [0.15, 0.2) is 5.78 Å². The van der Waals surface area contributed by atoms with Gasteiger partial charge in [-0.2, -0.15) is 10.5 Å². The van der Waals surface area contributed by atoms with Crippen molar-refractivity contribution in [3.8, 4) is 0 Å². The first kappa shape index (κ1) is 11.5. The van der Waals surface area contributed by atoms with Crippen molar-refractivity contribution in [3.05, 3.63) is 35.4 Å². The molecule has 1 aliphatic rings. The van der Waals surface area contributed by atoms with Crippen LogP contribution in [0.3, 0.4) is 0 Å². The monoisotopic (exact) mass is 238 g/mol. The predicted octanol–water partition coefficient (Wildman–Crippen LogP) is 0.978. The lowest BCUT2D eigenvalue weighted by Gasteiger charge is -2.28. The van der Waals surface area contributed by atoms with Crippen LogP contribution in [0.2, 0.25) is 0 Å². The van der Waals surface area contributed by atoms with Gasteiger partial charge in [0.1, 0.15) is 12.2 Å². The van der Waals surface area contributed by atoms with Crippen molar-refractivity contribution in [2.75, 3.05) is 12.5 Å². The molecule has 0 saturated carbocycles. The quantitative estimate of drug-likeness (QED) is 0.662. The number of hydrogen-bond acceptors (Lipinski definition) is 3. The second kappa shape index (κ2) is 4.13. The first-order valence-electron chi connectivity index (χ1n) is 4.97. The fourth-order valence-corrected chi connectivity index (χ4v) is 3.11. The van der Waals surface area contributed by atoms with Gasteiger partial charge in [-0.25, -0.2) is 0 Å². The molecule has 3 nitrogen and oxygen atoms in total. The molecule has 0 saturated heterocycles. The number of fused-ring (bicyclic) bond motifs is 1. The van der Waals surface area contributed by atoms with Crippen LogP contribution in [-0.4, -0.2) is 39.5 Å². The van der Waals surface area contributed by atoms with E-state index in [1.807, 2.05) is 12.5 Å². The van der Waals surface area contributed by atoms with E-state index in [0.717, 1.165) is 0 Å². The summed E-state index contributed by atoms with van der Waals surface area (Å²) in [6.07, 6.45) is 1.79. The van der Waals surface area contributed by atoms with Crippen LogP contribution in [0.4, 0.5) is 0 Å². The van der Waals surface area contributed by atoms with Gasteiger partial charge in [0.2, 0.25) is 0 Å². The Labute approximate surface area is 96.7 Å². The van der Waals surface area contributed by atoms with Crippen LogP contribution in [0.1, 0.15) is 22.0 Å². The Kier molecular flexibility index (Phi) is 2.97. The summed E-state index contributed by atoms with van der Waals surface area (Å²) >= 11 is 0. The molecule has 2 rings (SSSR count). The number of aliphatic hydroxyl groups is 2. The average Bonchev–Trinajstić information content (AvgIpc) is 2.26. The first-order valence-corrected chi connectivity index (χ1v) is 7.01. The maximum absolute atomic E-state index is 11.9. The fraction of sp³-hybridized carbons (Fsp3) is 0.333. The molecule has 0 radical (unpaired) electrons. The average molecular weight is 238 g/mol. The molecule has 86 valence electrons. The van der Waals surface area contributed by atoms with Gasteiger partial charge in [0, 0.05) is 10.4 Å². The Hall–Kier alpha value is -0.970. The largest absolute Gasteiger partial charge is 0.383 e. The summed E-state index contributed by atoms with van der Waals surface area (Å²) in [5.74, 6) is -0.308. The van der Waals surface area contributed by atoms with E-state index in [1.54, 1.807) is 24.3 Å². The molecule has 1 aliphatic carbocycles. The Morgan fingerprint density at radius 1 is 1.12 bits per heavy atom. The highest BCUT2D eigenvalue weighted by atomic mass is 32.2. The minimum Gasteiger partial charge on any atom is -0.383 e. The van der Waals surface area contributed by atoms with Crippen LogP contribution >= 0.6 is 10.5 Å². The third-order valence-electron chi connectivity index (χ3n) is 2.78. The smallest absolute Gasteiger partial charge is 0.196 e. The molecule has 0 aromatic heterocycles. The van der Waals surface area contributed by atoms with E-state index in [4.69, 9.17) is 0 Å². The Morgan fingerprint density at radius 3 is 2.38 bits per heavy atom. The van der Waals surface area contributed by atoms with Crippen molar-refractivity contribution in [2.24, 2.45) is 0 Å². The second-order valence-corrected chi connectivity index (χ2v) is 6.08. The van der Waals surface area contributed by atoms with E-state index in [2.05, 4.69) is 0 Å². The summed E-state index contributed by atoms with van der Waals surface area (Å²) in [4.78, 5) is 12.4. The summed E-state index contributed by atoms with van der Waals surface area (Å²) in [7, 11) is -0.294. The molecule has 2 unspecified atom stereocenters. The van der Waals surface area contributed by atoms with Crippen molar-refractivity contribution < 1.29 is 15.0 Å². The molecular weight excluding hydrogens is 224 g/mol. The fourth-order valence-electron chi connectivity index (χ4n) is 1.99. The zero-order valence-corrected chi connectivity index (χ0v) is 9.99. The highest BCUT2D eigenvalue weighted by Crippen LogP contribution is 2.31. The molecule has 0 fully saturated rings. The number of rotatable bonds is 0. The van der Waals surface area contributed by atoms with Gasteiger partial charge in [-0.05, 0) is 18.1 Å². The molecule has 1 aromatic carbocycles. The minimum absolute atomic E-state index is 0.294. The summed E-state index contributed by atoms with van der Waals surface area (Å²) in [5, 5.41) is 20.0. The lowest BCUT2D eigenvalue weighted by molar-refractivity contribution is 0.0807. The van der Waals surface area contributed by atoms with Crippen molar-refractivity contribution in [1.29, 1.82) is 0 Å². The van der Waals surface area contributed by atoms with Gasteiger partial charge in [-0.3, -0.25) is 4.79 Å². The van der Waals surface area contributed by atoms with Crippen LogP contribution in [-0.2, 0) is 0 Å². The standard InChI is InChI=1S/C12H14O3S/c1-16(2)12-10(14)8-6-4-3-5-7(8)9(13)11(12)15/h3-6,10-11,14-15H,1-2H3. The molecule has 0 spiro atoms. The maximum atomic E-state index is 11.9. The van der Waals surface area contributed by atoms with Crippen LogP contribution in [0.15, 0.2) is 24.3 Å². The SMILES string of the molecule is CS(C)=C1C(O)C(=O)c2ccccc2C1O. The van der Waals surface area contributed by atoms with Crippen molar-refractivity contribution >= 4 is 21.1 Å². The van der Waals surface area contributed by atoms with E-state index in [1.165, 1.54) is 0 Å². The van der Waals surface area contributed by atoms with Gasteiger partial charge < -0.3 is 10.2 Å². The lowest BCUT2D eigenvalue weighted by Crippen LogP contribution is -2.39. The molecule has 2 N–H and O–H groups in total. The van der Waals surface area contributed by atoms with E-state index in [9.17, 15) is 15.0 Å². The molecule has 0 heterocycles. The minimum atomic E-state index is -1.16.